The van der Waals surface area contributed by atoms with E-state index in [-0.39, 0.29) is 5.54 Å². The fourth-order valence-electron chi connectivity index (χ4n) is 1.98. The zero-order valence-electron chi connectivity index (χ0n) is 12.6. The van der Waals surface area contributed by atoms with E-state index in [2.05, 4.69) is 86.8 Å². The van der Waals surface area contributed by atoms with E-state index in [0.29, 0.717) is 0 Å². The first kappa shape index (κ1) is 14.5. The molecule has 0 aromatic heterocycles. The minimum absolute atomic E-state index is 0.168. The predicted molar refractivity (Wildman–Crippen MR) is 88.7 cm³/mol. The van der Waals surface area contributed by atoms with Crippen LogP contribution in [0.3, 0.4) is 0 Å². The van der Waals surface area contributed by atoms with Gasteiger partial charge in [-0.3, -0.25) is 0 Å². The summed E-state index contributed by atoms with van der Waals surface area (Å²) in [5.74, 6) is 0. The summed E-state index contributed by atoms with van der Waals surface area (Å²) in [5, 5.41) is 3.44. The van der Waals surface area contributed by atoms with Gasteiger partial charge < -0.3 is 5.32 Å². The molecule has 0 aliphatic heterocycles. The van der Waals surface area contributed by atoms with Crippen LogP contribution < -0.4 is 5.32 Å². The lowest BCUT2D eigenvalue weighted by molar-refractivity contribution is 0.450. The third kappa shape index (κ3) is 4.67. The van der Waals surface area contributed by atoms with Crippen LogP contribution in [0.15, 0.2) is 60.7 Å². The molecule has 2 aromatic rings. The normalized spacial score (nSPS) is 11.9. The molecule has 0 fully saturated rings. The quantitative estimate of drug-likeness (QED) is 0.840. The van der Waals surface area contributed by atoms with E-state index in [1.807, 2.05) is 6.07 Å². The van der Waals surface area contributed by atoms with Crippen LogP contribution in [0.2, 0.25) is 0 Å². The smallest absolute Gasteiger partial charge is 0.0143 e. The van der Waals surface area contributed by atoms with Crippen LogP contribution in [0.1, 0.15) is 26.3 Å². The largest absolute Gasteiger partial charge is 0.309 e. The molecule has 0 aliphatic carbocycles. The molecule has 0 unspecified atom stereocenters. The molecule has 104 valence electrons. The maximum absolute atomic E-state index is 3.44. The van der Waals surface area contributed by atoms with Crippen LogP contribution in [0.4, 0.5) is 0 Å². The van der Waals surface area contributed by atoms with Crippen molar-refractivity contribution < 1.29 is 0 Å². The molecule has 1 nitrogen and oxygen atoms in total. The van der Waals surface area contributed by atoms with E-state index in [1.54, 1.807) is 0 Å². The van der Waals surface area contributed by atoms with Crippen molar-refractivity contribution >= 4 is 6.08 Å². The molecule has 1 heteroatoms. The van der Waals surface area contributed by atoms with Crippen molar-refractivity contribution in [3.63, 3.8) is 0 Å². The lowest BCUT2D eigenvalue weighted by Gasteiger charge is -2.18. The third-order valence-corrected chi connectivity index (χ3v) is 3.08. The van der Waals surface area contributed by atoms with Crippen molar-refractivity contribution in [2.24, 2.45) is 0 Å². The molecule has 2 aromatic carbocycles. The number of benzene rings is 2. The lowest BCUT2D eigenvalue weighted by Crippen LogP contribution is -2.35. The minimum Gasteiger partial charge on any atom is -0.309 e. The summed E-state index contributed by atoms with van der Waals surface area (Å²) in [4.78, 5) is 0. The molecule has 1 N–H and O–H groups in total. The van der Waals surface area contributed by atoms with Crippen LogP contribution in [0.25, 0.3) is 17.2 Å². The Morgan fingerprint density at radius 3 is 2.05 bits per heavy atom. The molecule has 0 amide bonds. The molecule has 2 rings (SSSR count). The van der Waals surface area contributed by atoms with Crippen molar-refractivity contribution in [1.29, 1.82) is 0 Å². The second-order valence-corrected chi connectivity index (χ2v) is 6.02. The zero-order chi connectivity index (χ0) is 14.4. The fraction of sp³-hybridized carbons (Fsp3) is 0.263. The van der Waals surface area contributed by atoms with Crippen LogP contribution in [-0.2, 0) is 0 Å². The molecule has 0 spiro atoms. The van der Waals surface area contributed by atoms with Gasteiger partial charge in [-0.25, -0.2) is 0 Å². The van der Waals surface area contributed by atoms with E-state index in [4.69, 9.17) is 0 Å². The van der Waals surface area contributed by atoms with E-state index in [9.17, 15) is 0 Å². The highest BCUT2D eigenvalue weighted by molar-refractivity contribution is 5.65. The van der Waals surface area contributed by atoms with E-state index < -0.39 is 0 Å². The number of nitrogens with one attached hydrogen (secondary N) is 1. The second kappa shape index (κ2) is 6.53. The molecule has 0 radical (unpaired) electrons. The van der Waals surface area contributed by atoms with Gasteiger partial charge in [0, 0.05) is 12.1 Å². The summed E-state index contributed by atoms with van der Waals surface area (Å²) in [6.07, 6.45) is 4.33. The summed E-state index contributed by atoms with van der Waals surface area (Å²) in [7, 11) is 0. The number of rotatable bonds is 4. The van der Waals surface area contributed by atoms with Gasteiger partial charge in [0.25, 0.3) is 0 Å². The minimum atomic E-state index is 0.168. The van der Waals surface area contributed by atoms with Gasteiger partial charge in [-0.05, 0) is 37.5 Å². The van der Waals surface area contributed by atoms with E-state index >= 15 is 0 Å². The van der Waals surface area contributed by atoms with Gasteiger partial charge in [0.15, 0.2) is 0 Å². The monoisotopic (exact) mass is 265 g/mol. The van der Waals surface area contributed by atoms with Gasteiger partial charge in [-0.2, -0.15) is 0 Å². The Kier molecular flexibility index (Phi) is 4.75. The predicted octanol–water partition coefficient (Wildman–Crippen LogP) is 4.75. The molecule has 0 atom stereocenters. The van der Waals surface area contributed by atoms with Crippen LogP contribution >= 0.6 is 0 Å². The van der Waals surface area contributed by atoms with E-state index in [1.165, 1.54) is 16.7 Å². The molecule has 20 heavy (non-hydrogen) atoms. The van der Waals surface area contributed by atoms with Gasteiger partial charge >= 0.3 is 0 Å². The van der Waals surface area contributed by atoms with Crippen LogP contribution in [-0.4, -0.2) is 12.1 Å². The Bertz CT molecular complexity index is 545. The van der Waals surface area contributed by atoms with Crippen molar-refractivity contribution in [1.82, 2.24) is 5.32 Å². The summed E-state index contributed by atoms with van der Waals surface area (Å²) in [5.41, 5.74) is 3.93. The van der Waals surface area contributed by atoms with Gasteiger partial charge in [-0.15, -0.1) is 0 Å². The van der Waals surface area contributed by atoms with Crippen molar-refractivity contribution in [2.45, 2.75) is 26.3 Å². The third-order valence-electron chi connectivity index (χ3n) is 3.08. The first-order chi connectivity index (χ1) is 9.54. The van der Waals surface area contributed by atoms with Crippen molar-refractivity contribution in [3.8, 4) is 11.1 Å². The Morgan fingerprint density at radius 2 is 1.45 bits per heavy atom. The number of hydrogen-bond acceptors (Lipinski definition) is 1. The maximum atomic E-state index is 3.44. The van der Waals surface area contributed by atoms with Crippen molar-refractivity contribution in [3.05, 3.63) is 66.2 Å². The average Bonchev–Trinajstić information content (AvgIpc) is 2.44. The summed E-state index contributed by atoms with van der Waals surface area (Å²) < 4.78 is 0. The standard InChI is InChI=1S/C19H23N/c1-19(2,3)20-15-7-8-16-11-13-18(14-12-16)17-9-5-4-6-10-17/h4-14,20H,15H2,1-3H3. The average molecular weight is 265 g/mol. The fourth-order valence-corrected chi connectivity index (χ4v) is 1.98. The van der Waals surface area contributed by atoms with Gasteiger partial charge in [0.1, 0.15) is 0 Å². The van der Waals surface area contributed by atoms with Crippen LogP contribution in [0.5, 0.6) is 0 Å². The summed E-state index contributed by atoms with van der Waals surface area (Å²) in [6.45, 7) is 7.42. The SMILES string of the molecule is CC(C)(C)NCC=Cc1ccc(-c2ccccc2)cc1. The molecule has 0 saturated heterocycles. The van der Waals surface area contributed by atoms with Crippen molar-refractivity contribution in [2.75, 3.05) is 6.54 Å². The Hall–Kier alpha value is -1.86. The zero-order valence-corrected chi connectivity index (χ0v) is 12.6. The summed E-state index contributed by atoms with van der Waals surface area (Å²) >= 11 is 0. The highest BCUT2D eigenvalue weighted by atomic mass is 14.9. The molecular formula is C19H23N. The highest BCUT2D eigenvalue weighted by Gasteiger charge is 2.05. The number of hydrogen-bond donors (Lipinski definition) is 1. The summed E-state index contributed by atoms with van der Waals surface area (Å²) in [6, 6.07) is 19.1. The Morgan fingerprint density at radius 1 is 0.850 bits per heavy atom. The topological polar surface area (TPSA) is 12.0 Å². The Balaban J connectivity index is 1.97. The van der Waals surface area contributed by atoms with Gasteiger partial charge in [0.2, 0.25) is 0 Å². The molecule has 0 aliphatic rings. The lowest BCUT2D eigenvalue weighted by atomic mass is 10.0. The molecule has 0 heterocycles. The van der Waals surface area contributed by atoms with Gasteiger partial charge in [0.05, 0.1) is 0 Å². The maximum Gasteiger partial charge on any atom is 0.0143 e. The first-order valence-electron chi connectivity index (χ1n) is 7.12. The molecule has 0 saturated carbocycles. The molecule has 0 bridgehead atoms. The van der Waals surface area contributed by atoms with E-state index in [0.717, 1.165) is 6.54 Å². The van der Waals surface area contributed by atoms with Crippen LogP contribution in [0, 0.1) is 0 Å². The highest BCUT2D eigenvalue weighted by Crippen LogP contribution is 2.19. The van der Waals surface area contributed by atoms with Gasteiger partial charge in [-0.1, -0.05) is 66.7 Å². The second-order valence-electron chi connectivity index (χ2n) is 6.02. The molecular weight excluding hydrogens is 242 g/mol. The first-order valence-corrected chi connectivity index (χ1v) is 7.12. The Labute approximate surface area is 122 Å².